The van der Waals surface area contributed by atoms with Crippen molar-refractivity contribution in [3.8, 4) is 0 Å². The summed E-state index contributed by atoms with van der Waals surface area (Å²) < 4.78 is 1.48. The summed E-state index contributed by atoms with van der Waals surface area (Å²) in [6, 6.07) is 4.73. The lowest BCUT2D eigenvalue weighted by Gasteiger charge is -2.04. The van der Waals surface area contributed by atoms with Crippen LogP contribution in [-0.4, -0.2) is 14.5 Å². The van der Waals surface area contributed by atoms with Gasteiger partial charge in [0.25, 0.3) is 5.56 Å². The molecular weight excluding hydrogens is 192 g/mol. The summed E-state index contributed by atoms with van der Waals surface area (Å²) >= 11 is 0. The molecule has 0 radical (unpaired) electrons. The minimum absolute atomic E-state index is 0.114. The van der Waals surface area contributed by atoms with Crippen LogP contribution in [0.15, 0.2) is 41.6 Å². The van der Waals surface area contributed by atoms with E-state index in [1.165, 1.54) is 10.6 Å². The van der Waals surface area contributed by atoms with E-state index < -0.39 is 0 Å². The summed E-state index contributed by atoms with van der Waals surface area (Å²) in [4.78, 5) is 19.5. The van der Waals surface area contributed by atoms with Crippen molar-refractivity contribution < 1.29 is 0 Å². The molecule has 0 aromatic carbocycles. The molecule has 76 valence electrons. The van der Waals surface area contributed by atoms with Gasteiger partial charge in [-0.2, -0.15) is 0 Å². The fourth-order valence-corrected chi connectivity index (χ4v) is 1.24. The van der Waals surface area contributed by atoms with Gasteiger partial charge in [0.2, 0.25) is 0 Å². The Morgan fingerprint density at radius 3 is 2.73 bits per heavy atom. The molecule has 2 aromatic heterocycles. The average Bonchev–Trinajstić information content (AvgIpc) is 2.25. The van der Waals surface area contributed by atoms with Crippen LogP contribution in [0.5, 0.6) is 0 Å². The molecule has 0 aliphatic rings. The van der Waals surface area contributed by atoms with Crippen LogP contribution in [0.2, 0.25) is 0 Å². The topological polar surface area (TPSA) is 73.8 Å². The standard InChI is InChI=1S/C10H10N4O/c11-8-2-3-10(15)14(6-8)7-9-12-4-1-5-13-9/h1-6H,7,11H2. The van der Waals surface area contributed by atoms with Gasteiger partial charge in [-0.05, 0) is 12.1 Å². The largest absolute Gasteiger partial charge is 0.398 e. The fraction of sp³-hybridized carbons (Fsp3) is 0.100. The molecule has 0 atom stereocenters. The van der Waals surface area contributed by atoms with Crippen LogP contribution in [0.25, 0.3) is 0 Å². The summed E-state index contributed by atoms with van der Waals surface area (Å²) in [5.41, 5.74) is 6.01. The Hall–Kier alpha value is -2.17. The molecule has 0 saturated heterocycles. The number of hydrogen-bond acceptors (Lipinski definition) is 4. The monoisotopic (exact) mass is 202 g/mol. The SMILES string of the molecule is Nc1ccc(=O)n(Cc2ncccn2)c1. The summed E-state index contributed by atoms with van der Waals surface area (Å²) in [5, 5.41) is 0. The summed E-state index contributed by atoms with van der Waals surface area (Å²) in [5.74, 6) is 0.588. The zero-order valence-corrected chi connectivity index (χ0v) is 8.00. The lowest BCUT2D eigenvalue weighted by Crippen LogP contribution is -2.20. The number of pyridine rings is 1. The quantitative estimate of drug-likeness (QED) is 0.758. The molecule has 2 rings (SSSR count). The molecule has 2 N–H and O–H groups in total. The maximum absolute atomic E-state index is 11.4. The molecule has 0 saturated carbocycles. The molecule has 2 aromatic rings. The molecule has 0 aliphatic carbocycles. The zero-order valence-electron chi connectivity index (χ0n) is 8.00. The molecule has 0 aliphatic heterocycles. The maximum atomic E-state index is 11.4. The van der Waals surface area contributed by atoms with Crippen molar-refractivity contribution in [2.24, 2.45) is 0 Å². The van der Waals surface area contributed by atoms with Crippen LogP contribution < -0.4 is 11.3 Å². The second-order valence-electron chi connectivity index (χ2n) is 3.09. The minimum atomic E-state index is -0.114. The van der Waals surface area contributed by atoms with Crippen LogP contribution >= 0.6 is 0 Å². The first-order valence-electron chi connectivity index (χ1n) is 4.47. The normalized spacial score (nSPS) is 10.1. The lowest BCUT2D eigenvalue weighted by atomic mass is 10.4. The van der Waals surface area contributed by atoms with Gasteiger partial charge in [0.15, 0.2) is 0 Å². The predicted octanol–water partition coefficient (Wildman–Crippen LogP) is 0.269. The van der Waals surface area contributed by atoms with Crippen LogP contribution in [-0.2, 0) is 6.54 Å². The van der Waals surface area contributed by atoms with Crippen molar-refractivity contribution in [3.05, 3.63) is 53.0 Å². The van der Waals surface area contributed by atoms with Crippen molar-refractivity contribution in [2.75, 3.05) is 5.73 Å². The number of nitrogens with zero attached hydrogens (tertiary/aromatic N) is 3. The molecule has 2 heterocycles. The van der Waals surface area contributed by atoms with Crippen LogP contribution in [0.4, 0.5) is 5.69 Å². The third-order valence-electron chi connectivity index (χ3n) is 1.94. The summed E-state index contributed by atoms with van der Waals surface area (Å²) in [6.07, 6.45) is 4.86. The van der Waals surface area contributed by atoms with E-state index in [0.717, 1.165) is 0 Å². The predicted molar refractivity (Wildman–Crippen MR) is 56.2 cm³/mol. The molecule has 0 fully saturated rings. The van der Waals surface area contributed by atoms with Crippen LogP contribution in [0.3, 0.4) is 0 Å². The Bertz CT molecular complexity index is 506. The Morgan fingerprint density at radius 2 is 2.00 bits per heavy atom. The summed E-state index contributed by atoms with van der Waals surface area (Å²) in [6.45, 7) is 0.338. The van der Waals surface area contributed by atoms with E-state index in [1.807, 2.05) is 0 Å². The molecule has 0 unspecified atom stereocenters. The van der Waals surface area contributed by atoms with Crippen molar-refractivity contribution in [3.63, 3.8) is 0 Å². The lowest BCUT2D eigenvalue weighted by molar-refractivity contribution is 0.716. The van der Waals surface area contributed by atoms with Crippen molar-refractivity contribution in [1.29, 1.82) is 0 Å². The first-order valence-corrected chi connectivity index (χ1v) is 4.47. The Labute approximate surface area is 86.2 Å². The third kappa shape index (κ3) is 2.19. The average molecular weight is 202 g/mol. The highest BCUT2D eigenvalue weighted by Crippen LogP contribution is 1.98. The Balaban J connectivity index is 2.32. The highest BCUT2D eigenvalue weighted by atomic mass is 16.1. The van der Waals surface area contributed by atoms with Gasteiger partial charge >= 0.3 is 0 Å². The van der Waals surface area contributed by atoms with Gasteiger partial charge in [0, 0.05) is 30.3 Å². The van der Waals surface area contributed by atoms with Gasteiger partial charge in [-0.1, -0.05) is 0 Å². The Kier molecular flexibility index (Phi) is 2.45. The van der Waals surface area contributed by atoms with Crippen LogP contribution in [0, 0.1) is 0 Å². The van der Waals surface area contributed by atoms with E-state index in [1.54, 1.807) is 30.7 Å². The van der Waals surface area contributed by atoms with Gasteiger partial charge in [0.05, 0.1) is 6.54 Å². The van der Waals surface area contributed by atoms with Gasteiger partial charge in [-0.25, -0.2) is 9.97 Å². The second kappa shape index (κ2) is 3.91. The van der Waals surface area contributed by atoms with Gasteiger partial charge in [-0.15, -0.1) is 0 Å². The number of nitrogen functional groups attached to an aromatic ring is 1. The second-order valence-corrected chi connectivity index (χ2v) is 3.09. The van der Waals surface area contributed by atoms with E-state index >= 15 is 0 Å². The van der Waals surface area contributed by atoms with E-state index in [9.17, 15) is 4.79 Å². The molecule has 0 bridgehead atoms. The van der Waals surface area contributed by atoms with Crippen molar-refractivity contribution in [2.45, 2.75) is 6.54 Å². The van der Waals surface area contributed by atoms with Gasteiger partial charge in [-0.3, -0.25) is 4.79 Å². The molecule has 0 spiro atoms. The van der Waals surface area contributed by atoms with Crippen LogP contribution in [0.1, 0.15) is 5.82 Å². The van der Waals surface area contributed by atoms with Gasteiger partial charge < -0.3 is 10.3 Å². The number of rotatable bonds is 2. The van der Waals surface area contributed by atoms with Gasteiger partial charge in [0.1, 0.15) is 5.82 Å². The number of anilines is 1. The van der Waals surface area contributed by atoms with Crippen molar-refractivity contribution >= 4 is 5.69 Å². The summed E-state index contributed by atoms with van der Waals surface area (Å²) in [7, 11) is 0. The maximum Gasteiger partial charge on any atom is 0.251 e. The van der Waals surface area contributed by atoms with E-state index in [-0.39, 0.29) is 5.56 Å². The zero-order chi connectivity index (χ0) is 10.7. The molecule has 5 heteroatoms. The van der Waals surface area contributed by atoms with E-state index in [0.29, 0.717) is 18.1 Å². The third-order valence-corrected chi connectivity index (χ3v) is 1.94. The first kappa shape index (κ1) is 9.39. The van der Waals surface area contributed by atoms with E-state index in [4.69, 9.17) is 5.73 Å². The molecule has 5 nitrogen and oxygen atoms in total. The molecule has 0 amide bonds. The molecular formula is C10H10N4O. The van der Waals surface area contributed by atoms with Crippen molar-refractivity contribution in [1.82, 2.24) is 14.5 Å². The first-order chi connectivity index (χ1) is 7.25. The Morgan fingerprint density at radius 1 is 1.27 bits per heavy atom. The minimum Gasteiger partial charge on any atom is -0.398 e. The number of hydrogen-bond donors (Lipinski definition) is 1. The fourth-order valence-electron chi connectivity index (χ4n) is 1.24. The highest BCUT2D eigenvalue weighted by molar-refractivity contribution is 5.33. The molecule has 15 heavy (non-hydrogen) atoms. The number of aromatic nitrogens is 3. The smallest absolute Gasteiger partial charge is 0.251 e. The number of nitrogens with two attached hydrogens (primary N) is 1. The highest BCUT2D eigenvalue weighted by Gasteiger charge is 1.99. The van der Waals surface area contributed by atoms with E-state index in [2.05, 4.69) is 9.97 Å².